The van der Waals surface area contributed by atoms with Crippen LogP contribution in [0.2, 0.25) is 10.0 Å². The fourth-order valence-corrected chi connectivity index (χ4v) is 1.72. The lowest BCUT2D eigenvalue weighted by molar-refractivity contribution is 0.628. The summed E-state index contributed by atoms with van der Waals surface area (Å²) in [6, 6.07) is 2.75. The molecule has 0 saturated heterocycles. The molecule has 72 valence electrons. The Labute approximate surface area is 90.5 Å². The lowest BCUT2D eigenvalue weighted by Gasteiger charge is -2.04. The van der Waals surface area contributed by atoms with Crippen LogP contribution in [-0.4, -0.2) is 4.98 Å². The van der Waals surface area contributed by atoms with Gasteiger partial charge in [0, 0.05) is 11.6 Å². The number of benzene rings is 1. The molecule has 0 amide bonds. The van der Waals surface area contributed by atoms with Crippen LogP contribution in [0.15, 0.2) is 18.3 Å². The predicted octanol–water partition coefficient (Wildman–Crippen LogP) is 3.99. The topological polar surface area (TPSA) is 12.9 Å². The highest BCUT2D eigenvalue weighted by atomic mass is 35.5. The molecular formula is C10H6Cl2FN. The van der Waals surface area contributed by atoms with Crippen molar-refractivity contribution >= 4 is 34.1 Å². The molecule has 1 aromatic heterocycles. The number of halogens is 3. The predicted molar refractivity (Wildman–Crippen MR) is 56.5 cm³/mol. The van der Waals surface area contributed by atoms with Gasteiger partial charge in [-0.2, -0.15) is 0 Å². The summed E-state index contributed by atoms with van der Waals surface area (Å²) < 4.78 is 13.1. The molecule has 2 aromatic rings. The van der Waals surface area contributed by atoms with E-state index in [0.717, 1.165) is 5.56 Å². The monoisotopic (exact) mass is 229 g/mol. The molecule has 1 aromatic carbocycles. The van der Waals surface area contributed by atoms with Gasteiger partial charge in [-0.3, -0.25) is 4.98 Å². The van der Waals surface area contributed by atoms with E-state index in [4.69, 9.17) is 23.2 Å². The van der Waals surface area contributed by atoms with E-state index in [1.54, 1.807) is 6.92 Å². The van der Waals surface area contributed by atoms with Crippen molar-refractivity contribution in [1.29, 1.82) is 0 Å². The summed E-state index contributed by atoms with van der Waals surface area (Å²) in [6.45, 7) is 1.78. The largest absolute Gasteiger partial charge is 0.254 e. The molecular weight excluding hydrogens is 224 g/mol. The van der Waals surface area contributed by atoms with Crippen molar-refractivity contribution in [2.24, 2.45) is 0 Å². The third kappa shape index (κ3) is 1.45. The minimum atomic E-state index is -0.332. The lowest BCUT2D eigenvalue weighted by atomic mass is 10.1. The van der Waals surface area contributed by atoms with Gasteiger partial charge in [-0.05, 0) is 24.6 Å². The van der Waals surface area contributed by atoms with Crippen LogP contribution < -0.4 is 0 Å². The van der Waals surface area contributed by atoms with Gasteiger partial charge in [0.1, 0.15) is 5.82 Å². The highest BCUT2D eigenvalue weighted by molar-refractivity contribution is 6.45. The summed E-state index contributed by atoms with van der Waals surface area (Å²) in [5.41, 5.74) is 1.43. The van der Waals surface area contributed by atoms with Crippen molar-refractivity contribution in [3.05, 3.63) is 39.8 Å². The fourth-order valence-electron chi connectivity index (χ4n) is 1.38. The van der Waals surface area contributed by atoms with Gasteiger partial charge in [-0.15, -0.1) is 0 Å². The van der Waals surface area contributed by atoms with Gasteiger partial charge in [0.2, 0.25) is 0 Å². The summed E-state index contributed by atoms with van der Waals surface area (Å²) in [7, 11) is 0. The summed E-state index contributed by atoms with van der Waals surface area (Å²) in [4.78, 5) is 4.10. The maximum atomic E-state index is 13.1. The zero-order chi connectivity index (χ0) is 10.3. The van der Waals surface area contributed by atoms with Gasteiger partial charge in [-0.1, -0.05) is 23.2 Å². The zero-order valence-electron chi connectivity index (χ0n) is 7.31. The Morgan fingerprint density at radius 1 is 1.29 bits per heavy atom. The van der Waals surface area contributed by atoms with Crippen molar-refractivity contribution in [1.82, 2.24) is 4.98 Å². The second-order valence-corrected chi connectivity index (χ2v) is 3.82. The zero-order valence-corrected chi connectivity index (χ0v) is 8.83. The molecule has 1 nitrogen and oxygen atoms in total. The van der Waals surface area contributed by atoms with E-state index in [1.807, 2.05) is 0 Å². The van der Waals surface area contributed by atoms with E-state index < -0.39 is 0 Å². The van der Waals surface area contributed by atoms with Gasteiger partial charge >= 0.3 is 0 Å². The number of fused-ring (bicyclic) bond motifs is 1. The molecule has 2 rings (SSSR count). The second kappa shape index (κ2) is 3.37. The van der Waals surface area contributed by atoms with E-state index in [0.29, 0.717) is 20.9 Å². The minimum Gasteiger partial charge on any atom is -0.254 e. The maximum Gasteiger partial charge on any atom is 0.124 e. The van der Waals surface area contributed by atoms with Crippen LogP contribution in [0.3, 0.4) is 0 Å². The van der Waals surface area contributed by atoms with E-state index >= 15 is 0 Å². The second-order valence-electron chi connectivity index (χ2n) is 3.04. The summed E-state index contributed by atoms with van der Waals surface area (Å²) in [5, 5.41) is 1.24. The van der Waals surface area contributed by atoms with Crippen LogP contribution in [0.1, 0.15) is 5.56 Å². The molecule has 0 aliphatic carbocycles. The van der Waals surface area contributed by atoms with E-state index in [9.17, 15) is 4.39 Å². The Kier molecular flexibility index (Phi) is 2.33. The Hall–Kier alpha value is -0.860. The Morgan fingerprint density at radius 2 is 2.00 bits per heavy atom. The van der Waals surface area contributed by atoms with Crippen molar-refractivity contribution in [2.45, 2.75) is 6.92 Å². The Morgan fingerprint density at radius 3 is 2.71 bits per heavy atom. The standard InChI is InChI=1S/C10H6Cl2FN/c1-5-2-6(13)3-7-9(12)8(11)4-14-10(5)7/h2-4H,1H3. The molecule has 4 heteroatoms. The molecule has 0 unspecified atom stereocenters. The normalized spacial score (nSPS) is 10.9. The third-order valence-electron chi connectivity index (χ3n) is 2.02. The average molecular weight is 230 g/mol. The van der Waals surface area contributed by atoms with E-state index in [1.165, 1.54) is 18.3 Å². The first-order valence-corrected chi connectivity index (χ1v) is 4.75. The molecule has 0 aliphatic rings. The summed E-state index contributed by atoms with van der Waals surface area (Å²) >= 11 is 11.7. The van der Waals surface area contributed by atoms with Crippen LogP contribution >= 0.6 is 23.2 Å². The Bertz CT molecular complexity index is 511. The highest BCUT2D eigenvalue weighted by Gasteiger charge is 2.08. The molecule has 0 N–H and O–H groups in total. The molecule has 0 aliphatic heterocycles. The van der Waals surface area contributed by atoms with E-state index in [2.05, 4.69) is 4.98 Å². The highest BCUT2D eigenvalue weighted by Crippen LogP contribution is 2.30. The first-order chi connectivity index (χ1) is 6.59. The lowest BCUT2D eigenvalue weighted by Crippen LogP contribution is -1.87. The molecule has 0 bridgehead atoms. The average Bonchev–Trinajstić information content (AvgIpc) is 2.12. The van der Waals surface area contributed by atoms with Crippen molar-refractivity contribution in [2.75, 3.05) is 0 Å². The number of hydrogen-bond acceptors (Lipinski definition) is 1. The van der Waals surface area contributed by atoms with Crippen molar-refractivity contribution < 1.29 is 4.39 Å². The molecule has 0 fully saturated rings. The number of aryl methyl sites for hydroxylation is 1. The first-order valence-electron chi connectivity index (χ1n) is 3.99. The number of aromatic nitrogens is 1. The van der Waals surface area contributed by atoms with Crippen LogP contribution in [0.5, 0.6) is 0 Å². The quantitative estimate of drug-likeness (QED) is 0.666. The van der Waals surface area contributed by atoms with Crippen molar-refractivity contribution in [3.63, 3.8) is 0 Å². The first kappa shape index (κ1) is 9.69. The van der Waals surface area contributed by atoms with Gasteiger partial charge < -0.3 is 0 Å². The molecule has 0 saturated carbocycles. The maximum absolute atomic E-state index is 13.1. The third-order valence-corrected chi connectivity index (χ3v) is 2.81. The SMILES string of the molecule is Cc1cc(F)cc2c(Cl)c(Cl)cnc12. The van der Waals surface area contributed by atoms with Crippen LogP contribution in [-0.2, 0) is 0 Å². The van der Waals surface area contributed by atoms with Crippen LogP contribution in [0.25, 0.3) is 10.9 Å². The summed E-state index contributed by atoms with van der Waals surface area (Å²) in [5.74, 6) is -0.332. The van der Waals surface area contributed by atoms with Gasteiger partial charge in [0.15, 0.2) is 0 Å². The number of hydrogen-bond donors (Lipinski definition) is 0. The molecule has 1 heterocycles. The number of nitrogens with zero attached hydrogens (tertiary/aromatic N) is 1. The molecule has 0 radical (unpaired) electrons. The molecule has 14 heavy (non-hydrogen) atoms. The van der Waals surface area contributed by atoms with Gasteiger partial charge in [-0.25, -0.2) is 4.39 Å². The smallest absolute Gasteiger partial charge is 0.124 e. The summed E-state index contributed by atoms with van der Waals surface area (Å²) in [6.07, 6.45) is 1.47. The molecule has 0 atom stereocenters. The fraction of sp³-hybridized carbons (Fsp3) is 0.100. The number of rotatable bonds is 0. The van der Waals surface area contributed by atoms with Crippen molar-refractivity contribution in [3.8, 4) is 0 Å². The van der Waals surface area contributed by atoms with Crippen LogP contribution in [0.4, 0.5) is 4.39 Å². The molecule has 0 spiro atoms. The van der Waals surface area contributed by atoms with Gasteiger partial charge in [0.25, 0.3) is 0 Å². The Balaban J connectivity index is 2.95. The van der Waals surface area contributed by atoms with E-state index in [-0.39, 0.29) is 5.82 Å². The van der Waals surface area contributed by atoms with Gasteiger partial charge in [0.05, 0.1) is 15.6 Å². The van der Waals surface area contributed by atoms with Crippen LogP contribution in [0, 0.1) is 12.7 Å². The minimum absolute atomic E-state index is 0.332. The number of pyridine rings is 1.